The van der Waals surface area contributed by atoms with Crippen molar-refractivity contribution in [3.8, 4) is 0 Å². The minimum Gasteiger partial charge on any atom is -0.480 e. The molecule has 1 aliphatic heterocycles. The Balaban J connectivity index is 2.75. The van der Waals surface area contributed by atoms with Crippen LogP contribution in [0.2, 0.25) is 0 Å². The highest BCUT2D eigenvalue weighted by Gasteiger charge is 2.41. The maximum atomic E-state index is 12.1. The van der Waals surface area contributed by atoms with Gasteiger partial charge in [-0.1, -0.05) is 0 Å². The first kappa shape index (κ1) is 14.2. The average molecular weight is 261 g/mol. The summed E-state index contributed by atoms with van der Waals surface area (Å²) in [6.45, 7) is 5.70. The van der Waals surface area contributed by atoms with E-state index in [1.165, 1.54) is 13.8 Å². The number of hydrogen-bond donors (Lipinski definition) is 1. The largest absolute Gasteiger partial charge is 0.480 e. The molecule has 2 unspecified atom stereocenters. The Morgan fingerprint density at radius 2 is 1.76 bits per heavy atom. The molecule has 1 amide bonds. The topological polar surface area (TPSA) is 74.7 Å². The molecule has 1 N–H and O–H groups in total. The molecule has 1 heterocycles. The van der Waals surface area contributed by atoms with Crippen molar-refractivity contribution in [2.45, 2.75) is 43.6 Å². The molecule has 1 aliphatic rings. The summed E-state index contributed by atoms with van der Waals surface area (Å²) in [4.78, 5) is 24.7. The summed E-state index contributed by atoms with van der Waals surface area (Å²) in [5, 5.41) is 8.23. The van der Waals surface area contributed by atoms with Crippen molar-refractivity contribution < 1.29 is 18.9 Å². The number of amides is 1. The summed E-state index contributed by atoms with van der Waals surface area (Å²) >= 11 is 0. The molecule has 0 saturated carbocycles. The highest BCUT2D eigenvalue weighted by atomic mass is 32.2. The van der Waals surface area contributed by atoms with Crippen molar-refractivity contribution in [2.24, 2.45) is 0 Å². The maximum Gasteiger partial charge on any atom is 0.321 e. The Hall–Kier alpha value is -0.910. The minimum atomic E-state index is -1.72. The molecule has 0 bridgehead atoms. The highest BCUT2D eigenvalue weighted by Crippen LogP contribution is 2.20. The van der Waals surface area contributed by atoms with Gasteiger partial charge in [-0.3, -0.25) is 13.8 Å². The van der Waals surface area contributed by atoms with E-state index in [1.54, 1.807) is 11.8 Å². The Bertz CT molecular complexity index is 347. The van der Waals surface area contributed by atoms with Crippen molar-refractivity contribution in [1.29, 1.82) is 0 Å². The van der Waals surface area contributed by atoms with Crippen LogP contribution in [0.25, 0.3) is 0 Å². The van der Waals surface area contributed by atoms with E-state index in [2.05, 4.69) is 0 Å². The van der Waals surface area contributed by atoms with Gasteiger partial charge in [-0.25, -0.2) is 0 Å². The van der Waals surface area contributed by atoms with E-state index in [-0.39, 0.29) is 5.91 Å². The Kier molecular flexibility index (Phi) is 4.30. The predicted molar refractivity (Wildman–Crippen MR) is 65.1 cm³/mol. The highest BCUT2D eigenvalue weighted by molar-refractivity contribution is 7.88. The summed E-state index contributed by atoms with van der Waals surface area (Å²) in [7, 11) is -1.72. The summed E-state index contributed by atoms with van der Waals surface area (Å²) in [5.41, 5.74) is 0. The zero-order chi connectivity index (χ0) is 13.2. The van der Waals surface area contributed by atoms with Gasteiger partial charge in [0.15, 0.2) is 0 Å². The molecule has 6 heteroatoms. The molecule has 1 rings (SSSR count). The van der Waals surface area contributed by atoms with E-state index in [1.807, 2.05) is 0 Å². The van der Waals surface area contributed by atoms with Crippen LogP contribution in [0.3, 0.4) is 0 Å². The minimum absolute atomic E-state index is 0.199. The van der Waals surface area contributed by atoms with Crippen LogP contribution in [0.1, 0.15) is 33.6 Å². The molecule has 17 heavy (non-hydrogen) atoms. The molecule has 1 saturated heterocycles. The standard InChI is InChI=1S/C11H19NO4S/c1-8(9(13)12-6-4-5-7-12)17(16)11(2,3)10(14)15/h8H,4-7H2,1-3H3,(H,14,15). The van der Waals surface area contributed by atoms with Gasteiger partial charge in [-0.15, -0.1) is 0 Å². The molecule has 98 valence electrons. The van der Waals surface area contributed by atoms with Crippen molar-refractivity contribution in [2.75, 3.05) is 13.1 Å². The van der Waals surface area contributed by atoms with Gasteiger partial charge in [0.25, 0.3) is 0 Å². The smallest absolute Gasteiger partial charge is 0.321 e. The molecule has 0 aromatic carbocycles. The van der Waals surface area contributed by atoms with Crippen LogP contribution in [0.4, 0.5) is 0 Å². The Labute approximate surface area is 104 Å². The quantitative estimate of drug-likeness (QED) is 0.804. The number of carboxylic acid groups (broad SMARTS) is 1. The van der Waals surface area contributed by atoms with E-state index < -0.39 is 26.8 Å². The summed E-state index contributed by atoms with van der Waals surface area (Å²) in [6, 6.07) is 0. The number of hydrogen-bond acceptors (Lipinski definition) is 3. The van der Waals surface area contributed by atoms with Crippen molar-refractivity contribution in [1.82, 2.24) is 4.90 Å². The first-order chi connectivity index (χ1) is 7.78. The fourth-order valence-corrected chi connectivity index (χ4v) is 3.20. The van der Waals surface area contributed by atoms with Gasteiger partial charge in [0.2, 0.25) is 5.91 Å². The molecular formula is C11H19NO4S. The second-order valence-corrected chi connectivity index (χ2v) is 7.11. The van der Waals surface area contributed by atoms with Crippen LogP contribution in [0, 0.1) is 0 Å². The molecule has 0 aromatic heterocycles. The lowest BCUT2D eigenvalue weighted by Crippen LogP contribution is -2.47. The van der Waals surface area contributed by atoms with E-state index >= 15 is 0 Å². The zero-order valence-corrected chi connectivity index (χ0v) is 11.2. The lowest BCUT2D eigenvalue weighted by molar-refractivity contribution is -0.139. The summed E-state index contributed by atoms with van der Waals surface area (Å²) < 4.78 is 10.7. The van der Waals surface area contributed by atoms with Crippen LogP contribution in [-0.2, 0) is 20.4 Å². The first-order valence-electron chi connectivity index (χ1n) is 5.71. The molecule has 0 aliphatic carbocycles. The lowest BCUT2D eigenvalue weighted by Gasteiger charge is -2.25. The third-order valence-corrected chi connectivity index (χ3v) is 5.13. The normalized spacial score (nSPS) is 20.1. The molecule has 1 fully saturated rings. The van der Waals surface area contributed by atoms with Gasteiger partial charge in [0.1, 0.15) is 10.00 Å². The lowest BCUT2D eigenvalue weighted by atomic mass is 10.2. The second-order valence-electron chi connectivity index (χ2n) is 4.79. The average Bonchev–Trinajstić information content (AvgIpc) is 2.79. The SMILES string of the molecule is CC(C(=O)N1CCCC1)S(=O)C(C)(C)C(=O)O. The summed E-state index contributed by atoms with van der Waals surface area (Å²) in [6.07, 6.45) is 1.93. The number of nitrogens with zero attached hydrogens (tertiary/aromatic N) is 1. The second kappa shape index (κ2) is 5.16. The summed E-state index contributed by atoms with van der Waals surface area (Å²) in [5.74, 6) is -1.34. The molecule has 5 nitrogen and oxygen atoms in total. The van der Waals surface area contributed by atoms with E-state index in [0.29, 0.717) is 13.1 Å². The molecule has 0 radical (unpaired) electrons. The van der Waals surface area contributed by atoms with Crippen LogP contribution >= 0.6 is 0 Å². The monoisotopic (exact) mass is 261 g/mol. The number of rotatable bonds is 4. The number of carboxylic acids is 1. The number of carbonyl (C=O) groups is 2. The molecule has 0 spiro atoms. The van der Waals surface area contributed by atoms with E-state index in [4.69, 9.17) is 5.11 Å². The van der Waals surface area contributed by atoms with Crippen LogP contribution < -0.4 is 0 Å². The van der Waals surface area contributed by atoms with Gasteiger partial charge in [0.05, 0.1) is 10.8 Å². The third kappa shape index (κ3) is 2.86. The van der Waals surface area contributed by atoms with E-state index in [0.717, 1.165) is 12.8 Å². The Morgan fingerprint density at radius 1 is 1.29 bits per heavy atom. The van der Waals surface area contributed by atoms with Crippen molar-refractivity contribution in [3.05, 3.63) is 0 Å². The van der Waals surface area contributed by atoms with Crippen molar-refractivity contribution >= 4 is 22.7 Å². The van der Waals surface area contributed by atoms with Gasteiger partial charge in [-0.2, -0.15) is 0 Å². The molecular weight excluding hydrogens is 242 g/mol. The first-order valence-corrected chi connectivity index (χ1v) is 6.92. The van der Waals surface area contributed by atoms with Crippen LogP contribution in [0.5, 0.6) is 0 Å². The fraction of sp³-hybridized carbons (Fsp3) is 0.818. The fourth-order valence-electron chi connectivity index (χ4n) is 1.81. The molecule has 0 aromatic rings. The molecule has 2 atom stereocenters. The van der Waals surface area contributed by atoms with Gasteiger partial charge < -0.3 is 10.0 Å². The van der Waals surface area contributed by atoms with Crippen molar-refractivity contribution in [3.63, 3.8) is 0 Å². The van der Waals surface area contributed by atoms with Gasteiger partial charge >= 0.3 is 5.97 Å². The Morgan fingerprint density at radius 3 is 2.18 bits per heavy atom. The third-order valence-electron chi connectivity index (χ3n) is 3.10. The van der Waals surface area contributed by atoms with Crippen LogP contribution in [0.15, 0.2) is 0 Å². The van der Waals surface area contributed by atoms with E-state index in [9.17, 15) is 13.8 Å². The predicted octanol–water partition coefficient (Wildman–Crippen LogP) is 0.609. The number of carbonyl (C=O) groups excluding carboxylic acids is 1. The zero-order valence-electron chi connectivity index (χ0n) is 10.4. The van der Waals surface area contributed by atoms with Gasteiger partial charge in [0, 0.05) is 13.1 Å². The van der Waals surface area contributed by atoms with Crippen LogP contribution in [-0.4, -0.2) is 49.2 Å². The van der Waals surface area contributed by atoms with Gasteiger partial charge in [-0.05, 0) is 33.6 Å². The maximum absolute atomic E-state index is 12.1. The number of aliphatic carboxylic acids is 1. The number of likely N-dealkylation sites (tertiary alicyclic amines) is 1.